The Labute approximate surface area is 101 Å². The molecule has 1 heterocycles. The van der Waals surface area contributed by atoms with Crippen molar-refractivity contribution in [2.24, 2.45) is 0 Å². The van der Waals surface area contributed by atoms with Crippen LogP contribution < -0.4 is 0 Å². The van der Waals surface area contributed by atoms with Crippen LogP contribution in [0.2, 0.25) is 0 Å². The molecule has 1 unspecified atom stereocenters. The second kappa shape index (κ2) is 4.89. The topological polar surface area (TPSA) is 29.5 Å². The number of carbonyl (C=O) groups is 1. The number of alkyl halides is 2. The van der Waals surface area contributed by atoms with Crippen LogP contribution in [0.25, 0.3) is 0 Å². The molecule has 0 N–H and O–H groups in total. The zero-order chi connectivity index (χ0) is 11.6. The summed E-state index contributed by atoms with van der Waals surface area (Å²) in [5, 5.41) is 0. The summed E-state index contributed by atoms with van der Waals surface area (Å²) in [4.78, 5) is 12.3. The molecule has 0 spiro atoms. The molecule has 1 aliphatic rings. The average molecular weight is 254 g/mol. The second-order valence-electron chi connectivity index (χ2n) is 4.22. The molecule has 1 rings (SSSR count). The fourth-order valence-corrected chi connectivity index (χ4v) is 2.11. The van der Waals surface area contributed by atoms with Crippen molar-refractivity contribution in [2.45, 2.75) is 50.3 Å². The number of halogens is 2. The van der Waals surface area contributed by atoms with E-state index in [0.717, 1.165) is 12.8 Å². The summed E-state index contributed by atoms with van der Waals surface area (Å²) in [5.41, 5.74) is -0.598. The number of ether oxygens (including phenoxy) is 1. The summed E-state index contributed by atoms with van der Waals surface area (Å²) in [5.74, 6) is -0.276. The predicted molar refractivity (Wildman–Crippen MR) is 61.1 cm³/mol. The molecule has 1 atom stereocenters. The predicted octanol–water partition coefficient (Wildman–Crippen LogP) is 2.55. The quantitative estimate of drug-likeness (QED) is 0.724. The monoisotopic (exact) mass is 253 g/mol. The summed E-state index contributed by atoms with van der Waals surface area (Å²) in [6.07, 6.45) is 2.08. The number of hydrogen-bond acceptors (Lipinski definition) is 2. The van der Waals surface area contributed by atoms with Crippen LogP contribution >= 0.6 is 23.2 Å². The number of nitrogens with zero attached hydrogens (tertiary/aromatic N) is 1. The third-order valence-electron chi connectivity index (χ3n) is 2.55. The van der Waals surface area contributed by atoms with Gasteiger partial charge < -0.3 is 9.64 Å². The van der Waals surface area contributed by atoms with Crippen molar-refractivity contribution in [1.82, 2.24) is 4.90 Å². The van der Waals surface area contributed by atoms with Gasteiger partial charge in [-0.05, 0) is 20.3 Å². The fraction of sp³-hybridized carbons (Fsp3) is 0.900. The van der Waals surface area contributed by atoms with E-state index in [1.807, 2.05) is 13.8 Å². The summed E-state index contributed by atoms with van der Waals surface area (Å²) >= 11 is 11.2. The van der Waals surface area contributed by atoms with Crippen LogP contribution in [-0.2, 0) is 9.53 Å². The van der Waals surface area contributed by atoms with E-state index in [-0.39, 0.29) is 12.0 Å². The van der Waals surface area contributed by atoms with Gasteiger partial charge in [-0.3, -0.25) is 4.79 Å². The van der Waals surface area contributed by atoms with E-state index in [0.29, 0.717) is 6.54 Å². The van der Waals surface area contributed by atoms with Crippen molar-refractivity contribution in [3.63, 3.8) is 0 Å². The largest absolute Gasteiger partial charge is 0.351 e. The van der Waals surface area contributed by atoms with Gasteiger partial charge in [-0.15, -0.1) is 0 Å². The van der Waals surface area contributed by atoms with Crippen molar-refractivity contribution in [3.8, 4) is 0 Å². The van der Waals surface area contributed by atoms with Gasteiger partial charge >= 0.3 is 0 Å². The average Bonchev–Trinajstić information content (AvgIpc) is 2.40. The molecular weight excluding hydrogens is 237 g/mol. The molecule has 0 aromatic carbocycles. The Kier molecular flexibility index (Phi) is 4.27. The van der Waals surface area contributed by atoms with E-state index in [1.54, 1.807) is 4.90 Å². The molecule has 1 aliphatic heterocycles. The molecule has 0 aliphatic carbocycles. The van der Waals surface area contributed by atoms with Gasteiger partial charge in [0.1, 0.15) is 5.72 Å². The zero-order valence-electron chi connectivity index (χ0n) is 9.30. The Hall–Kier alpha value is 0.01000. The SMILES string of the molecule is CCCC1CN(C(=O)C(Cl)Cl)C(C)(C)O1. The molecule has 0 radical (unpaired) electrons. The first-order chi connectivity index (χ1) is 6.88. The summed E-state index contributed by atoms with van der Waals surface area (Å²) in [7, 11) is 0. The standard InChI is InChI=1S/C10H17Cl2NO2/c1-4-5-7-6-13(9(14)8(11)12)10(2,3)15-7/h7-8H,4-6H2,1-3H3. The maximum absolute atomic E-state index is 11.7. The lowest BCUT2D eigenvalue weighted by molar-refractivity contribution is -0.144. The smallest absolute Gasteiger partial charge is 0.258 e. The third-order valence-corrected chi connectivity index (χ3v) is 2.93. The van der Waals surface area contributed by atoms with Crippen molar-refractivity contribution >= 4 is 29.1 Å². The lowest BCUT2D eigenvalue weighted by atomic mass is 10.2. The normalized spacial score (nSPS) is 24.9. The molecule has 0 saturated carbocycles. The van der Waals surface area contributed by atoms with Crippen LogP contribution in [0.3, 0.4) is 0 Å². The molecule has 0 aromatic heterocycles. The highest BCUT2D eigenvalue weighted by molar-refractivity contribution is 6.53. The molecule has 0 bridgehead atoms. The molecule has 0 aromatic rings. The van der Waals surface area contributed by atoms with Crippen molar-refractivity contribution in [2.75, 3.05) is 6.54 Å². The maximum Gasteiger partial charge on any atom is 0.258 e. The minimum absolute atomic E-state index is 0.0982. The third kappa shape index (κ3) is 2.99. The number of amides is 1. The molecule has 3 nitrogen and oxygen atoms in total. The van der Waals surface area contributed by atoms with Gasteiger partial charge in [0.15, 0.2) is 4.84 Å². The van der Waals surface area contributed by atoms with Crippen LogP contribution in [0.15, 0.2) is 0 Å². The van der Waals surface area contributed by atoms with Crippen LogP contribution in [0.1, 0.15) is 33.6 Å². The van der Waals surface area contributed by atoms with Gasteiger partial charge in [-0.2, -0.15) is 0 Å². The van der Waals surface area contributed by atoms with Crippen molar-refractivity contribution in [3.05, 3.63) is 0 Å². The highest BCUT2D eigenvalue weighted by Gasteiger charge is 2.43. The van der Waals surface area contributed by atoms with Crippen LogP contribution in [-0.4, -0.2) is 34.0 Å². The van der Waals surface area contributed by atoms with Gasteiger partial charge in [0.25, 0.3) is 5.91 Å². The van der Waals surface area contributed by atoms with Crippen molar-refractivity contribution < 1.29 is 9.53 Å². The van der Waals surface area contributed by atoms with Crippen molar-refractivity contribution in [1.29, 1.82) is 0 Å². The van der Waals surface area contributed by atoms with Gasteiger partial charge in [0.05, 0.1) is 6.10 Å². The molecule has 15 heavy (non-hydrogen) atoms. The second-order valence-corrected chi connectivity index (χ2v) is 5.32. The van der Waals surface area contributed by atoms with Crippen LogP contribution in [0.5, 0.6) is 0 Å². The summed E-state index contributed by atoms with van der Waals surface area (Å²) < 4.78 is 5.76. The van der Waals surface area contributed by atoms with E-state index in [2.05, 4.69) is 6.92 Å². The minimum Gasteiger partial charge on any atom is -0.351 e. The maximum atomic E-state index is 11.7. The first kappa shape index (κ1) is 13.1. The molecule has 88 valence electrons. The number of carbonyl (C=O) groups excluding carboxylic acids is 1. The Morgan fingerprint density at radius 3 is 2.67 bits per heavy atom. The molecule has 5 heteroatoms. The Morgan fingerprint density at radius 1 is 1.60 bits per heavy atom. The highest BCUT2D eigenvalue weighted by atomic mass is 35.5. The Balaban J connectivity index is 2.69. The van der Waals surface area contributed by atoms with Gasteiger partial charge in [0, 0.05) is 6.54 Å². The fourth-order valence-electron chi connectivity index (χ4n) is 1.88. The Morgan fingerprint density at radius 2 is 2.20 bits per heavy atom. The lowest BCUT2D eigenvalue weighted by Crippen LogP contribution is -2.45. The van der Waals surface area contributed by atoms with E-state index < -0.39 is 10.6 Å². The molecule has 1 saturated heterocycles. The minimum atomic E-state index is -1.01. The lowest BCUT2D eigenvalue weighted by Gasteiger charge is -2.30. The van der Waals surface area contributed by atoms with E-state index in [1.165, 1.54) is 0 Å². The summed E-state index contributed by atoms with van der Waals surface area (Å²) in [6.45, 7) is 6.38. The molecule has 1 amide bonds. The van der Waals surface area contributed by atoms with Crippen LogP contribution in [0.4, 0.5) is 0 Å². The first-order valence-electron chi connectivity index (χ1n) is 5.16. The number of rotatable bonds is 3. The summed E-state index contributed by atoms with van der Waals surface area (Å²) in [6, 6.07) is 0. The zero-order valence-corrected chi connectivity index (χ0v) is 10.8. The van der Waals surface area contributed by atoms with Gasteiger partial charge in [-0.25, -0.2) is 0 Å². The Bertz CT molecular complexity index is 244. The first-order valence-corrected chi connectivity index (χ1v) is 6.03. The van der Waals surface area contributed by atoms with E-state index >= 15 is 0 Å². The van der Waals surface area contributed by atoms with E-state index in [9.17, 15) is 4.79 Å². The van der Waals surface area contributed by atoms with Crippen LogP contribution in [0, 0.1) is 0 Å². The molecule has 1 fully saturated rings. The van der Waals surface area contributed by atoms with E-state index in [4.69, 9.17) is 27.9 Å². The van der Waals surface area contributed by atoms with Gasteiger partial charge in [-0.1, -0.05) is 36.5 Å². The van der Waals surface area contributed by atoms with Gasteiger partial charge in [0.2, 0.25) is 0 Å². The molecular formula is C10H17Cl2NO2. The highest BCUT2D eigenvalue weighted by Crippen LogP contribution is 2.30. The number of hydrogen-bond donors (Lipinski definition) is 0.